The molecule has 140 valence electrons. The van der Waals surface area contributed by atoms with Crippen molar-refractivity contribution in [2.75, 3.05) is 32.1 Å². The second-order valence-corrected chi connectivity index (χ2v) is 7.77. The maximum Gasteiger partial charge on any atom is 0.230 e. The fourth-order valence-corrected chi connectivity index (χ4v) is 3.96. The van der Waals surface area contributed by atoms with Crippen LogP contribution < -0.4 is 10.5 Å². The van der Waals surface area contributed by atoms with Gasteiger partial charge in [0.05, 0.1) is 18.5 Å². The summed E-state index contributed by atoms with van der Waals surface area (Å²) in [7, 11) is 0. The smallest absolute Gasteiger partial charge is 0.230 e. The lowest BCUT2D eigenvalue weighted by Crippen LogP contribution is -2.29. The van der Waals surface area contributed by atoms with Gasteiger partial charge in [-0.05, 0) is 56.5 Å². The molecular weight excluding hydrogens is 336 g/mol. The number of thioether (sulfide) groups is 1. The summed E-state index contributed by atoms with van der Waals surface area (Å²) in [6.07, 6.45) is 5.38. The molecule has 1 saturated heterocycles. The maximum absolute atomic E-state index is 11.4. The highest BCUT2D eigenvalue weighted by molar-refractivity contribution is 8.00. The van der Waals surface area contributed by atoms with Crippen molar-refractivity contribution in [1.82, 2.24) is 4.90 Å². The minimum atomic E-state index is -0.318. The van der Waals surface area contributed by atoms with Crippen molar-refractivity contribution in [3.05, 3.63) is 29.8 Å². The Balaban J connectivity index is 1.73. The molecule has 0 spiro atoms. The first-order valence-corrected chi connectivity index (χ1v) is 10.2. The fourth-order valence-electron chi connectivity index (χ4n) is 3.07. The van der Waals surface area contributed by atoms with Gasteiger partial charge in [-0.2, -0.15) is 0 Å². The highest BCUT2D eigenvalue weighted by Crippen LogP contribution is 2.19. The van der Waals surface area contributed by atoms with Crippen LogP contribution in [-0.2, 0) is 11.3 Å². The van der Waals surface area contributed by atoms with Crippen molar-refractivity contribution in [3.63, 3.8) is 0 Å². The molecule has 1 aliphatic heterocycles. The quantitative estimate of drug-likeness (QED) is 0.588. The summed E-state index contributed by atoms with van der Waals surface area (Å²) < 4.78 is 5.84. The molecule has 1 aromatic rings. The summed E-state index contributed by atoms with van der Waals surface area (Å²) in [4.78, 5) is 13.9. The molecule has 1 heterocycles. The first kappa shape index (κ1) is 20.1. The molecule has 1 amide bonds. The van der Waals surface area contributed by atoms with E-state index in [4.69, 9.17) is 15.6 Å². The average Bonchev–Trinajstić information content (AvgIpc) is 2.62. The van der Waals surface area contributed by atoms with Gasteiger partial charge < -0.3 is 15.6 Å². The third kappa shape index (κ3) is 7.67. The van der Waals surface area contributed by atoms with Gasteiger partial charge in [-0.1, -0.05) is 18.6 Å². The average molecular weight is 367 g/mol. The van der Waals surface area contributed by atoms with Crippen LogP contribution in [0.2, 0.25) is 0 Å². The number of benzene rings is 1. The SMILES string of the molecule is NC(=O)C(CCCOc1cccc(CN2CCCCC2)c1)SCCO. The second-order valence-electron chi connectivity index (χ2n) is 6.46. The summed E-state index contributed by atoms with van der Waals surface area (Å²) in [6.45, 7) is 3.99. The van der Waals surface area contributed by atoms with Crippen molar-refractivity contribution in [3.8, 4) is 5.75 Å². The van der Waals surface area contributed by atoms with Crippen molar-refractivity contribution >= 4 is 17.7 Å². The number of carbonyl (C=O) groups is 1. The highest BCUT2D eigenvalue weighted by atomic mass is 32.2. The molecule has 1 atom stereocenters. The number of rotatable bonds is 11. The maximum atomic E-state index is 11.4. The van der Waals surface area contributed by atoms with Crippen molar-refractivity contribution in [2.24, 2.45) is 5.73 Å². The Bertz CT molecular complexity index is 521. The number of hydrogen-bond acceptors (Lipinski definition) is 5. The number of piperidine rings is 1. The first-order valence-electron chi connectivity index (χ1n) is 9.15. The predicted octanol–water partition coefficient (Wildman–Crippen LogP) is 2.41. The zero-order valence-electron chi connectivity index (χ0n) is 14.9. The number of ether oxygens (including phenoxy) is 1. The fraction of sp³-hybridized carbons (Fsp3) is 0.632. The number of likely N-dealkylation sites (tertiary alicyclic amines) is 1. The van der Waals surface area contributed by atoms with Crippen molar-refractivity contribution in [1.29, 1.82) is 0 Å². The van der Waals surface area contributed by atoms with Crippen LogP contribution in [-0.4, -0.2) is 53.2 Å². The molecule has 5 nitrogen and oxygen atoms in total. The standard InChI is InChI=1S/C19H30N2O3S/c20-19(23)18(25-13-11-22)8-5-12-24-17-7-4-6-16(14-17)15-21-9-2-1-3-10-21/h4,6-7,14,18,22H,1-3,5,8-13,15H2,(H2,20,23). The van der Waals surface area contributed by atoms with Crippen LogP contribution in [0.3, 0.4) is 0 Å². The van der Waals surface area contributed by atoms with Gasteiger partial charge in [-0.25, -0.2) is 0 Å². The van der Waals surface area contributed by atoms with Gasteiger partial charge in [0, 0.05) is 12.3 Å². The number of aliphatic hydroxyl groups excluding tert-OH is 1. The van der Waals surface area contributed by atoms with Crippen LogP contribution in [0.15, 0.2) is 24.3 Å². The number of primary amides is 1. The molecule has 0 aliphatic carbocycles. The van der Waals surface area contributed by atoms with Gasteiger partial charge in [-0.15, -0.1) is 11.8 Å². The van der Waals surface area contributed by atoms with E-state index < -0.39 is 0 Å². The van der Waals surface area contributed by atoms with E-state index in [0.717, 1.165) is 18.7 Å². The number of aliphatic hydroxyl groups is 1. The lowest BCUT2D eigenvalue weighted by atomic mass is 10.1. The lowest BCUT2D eigenvalue weighted by Gasteiger charge is -2.26. The monoisotopic (exact) mass is 366 g/mol. The molecular formula is C19H30N2O3S. The molecule has 6 heteroatoms. The van der Waals surface area contributed by atoms with E-state index in [-0.39, 0.29) is 17.8 Å². The number of hydrogen-bond donors (Lipinski definition) is 2. The lowest BCUT2D eigenvalue weighted by molar-refractivity contribution is -0.117. The van der Waals surface area contributed by atoms with E-state index in [1.165, 1.54) is 49.7 Å². The van der Waals surface area contributed by atoms with E-state index in [0.29, 0.717) is 18.8 Å². The highest BCUT2D eigenvalue weighted by Gasteiger charge is 2.15. The molecule has 0 aromatic heterocycles. The van der Waals surface area contributed by atoms with Gasteiger partial charge in [0.15, 0.2) is 0 Å². The molecule has 1 fully saturated rings. The molecule has 1 unspecified atom stereocenters. The van der Waals surface area contributed by atoms with E-state index in [2.05, 4.69) is 17.0 Å². The van der Waals surface area contributed by atoms with Crippen LogP contribution in [0.1, 0.15) is 37.7 Å². The first-order chi connectivity index (χ1) is 12.2. The van der Waals surface area contributed by atoms with Crippen LogP contribution in [0.5, 0.6) is 5.75 Å². The predicted molar refractivity (Wildman–Crippen MR) is 103 cm³/mol. The zero-order valence-corrected chi connectivity index (χ0v) is 15.7. The number of nitrogens with two attached hydrogens (primary N) is 1. The van der Waals surface area contributed by atoms with Crippen LogP contribution >= 0.6 is 11.8 Å². The van der Waals surface area contributed by atoms with Gasteiger partial charge in [-0.3, -0.25) is 9.69 Å². The number of nitrogens with zero attached hydrogens (tertiary/aromatic N) is 1. The molecule has 0 radical (unpaired) electrons. The van der Waals surface area contributed by atoms with Gasteiger partial charge in [0.25, 0.3) is 0 Å². The van der Waals surface area contributed by atoms with Gasteiger partial charge in [0.2, 0.25) is 5.91 Å². The Morgan fingerprint density at radius 1 is 1.32 bits per heavy atom. The Labute approximate surface area is 154 Å². The van der Waals surface area contributed by atoms with E-state index >= 15 is 0 Å². The Morgan fingerprint density at radius 3 is 2.84 bits per heavy atom. The molecule has 3 N–H and O–H groups in total. The molecule has 1 aliphatic rings. The Hall–Kier alpha value is -1.24. The van der Waals surface area contributed by atoms with Crippen molar-refractivity contribution in [2.45, 2.75) is 43.9 Å². The van der Waals surface area contributed by atoms with Crippen LogP contribution in [0.4, 0.5) is 0 Å². The summed E-state index contributed by atoms with van der Waals surface area (Å²) >= 11 is 1.41. The third-order valence-corrected chi connectivity index (χ3v) is 5.65. The number of amides is 1. The summed E-state index contributed by atoms with van der Waals surface area (Å²) in [6, 6.07) is 8.28. The minimum absolute atomic E-state index is 0.0642. The van der Waals surface area contributed by atoms with Gasteiger partial charge >= 0.3 is 0 Å². The number of carbonyl (C=O) groups excluding carboxylic acids is 1. The molecule has 1 aromatic carbocycles. The molecule has 25 heavy (non-hydrogen) atoms. The largest absolute Gasteiger partial charge is 0.494 e. The van der Waals surface area contributed by atoms with E-state index in [9.17, 15) is 4.79 Å². The minimum Gasteiger partial charge on any atom is -0.494 e. The Morgan fingerprint density at radius 2 is 2.12 bits per heavy atom. The van der Waals surface area contributed by atoms with Gasteiger partial charge in [0.1, 0.15) is 5.75 Å². The summed E-state index contributed by atoms with van der Waals surface area (Å²) in [5.74, 6) is 1.10. The third-order valence-electron chi connectivity index (χ3n) is 4.36. The van der Waals surface area contributed by atoms with E-state index in [1.54, 1.807) is 0 Å². The topological polar surface area (TPSA) is 75.8 Å². The second kappa shape index (κ2) is 11.4. The molecule has 0 saturated carbocycles. The molecule has 2 rings (SSSR count). The molecule has 0 bridgehead atoms. The van der Waals surface area contributed by atoms with Crippen LogP contribution in [0.25, 0.3) is 0 Å². The van der Waals surface area contributed by atoms with E-state index in [1.807, 2.05) is 12.1 Å². The van der Waals surface area contributed by atoms with Crippen LogP contribution in [0, 0.1) is 0 Å². The summed E-state index contributed by atoms with van der Waals surface area (Å²) in [5.41, 5.74) is 6.68. The van der Waals surface area contributed by atoms with Crippen molar-refractivity contribution < 1.29 is 14.6 Å². The normalized spacial score (nSPS) is 16.5. The summed E-state index contributed by atoms with van der Waals surface area (Å²) in [5, 5.41) is 8.61. The Kier molecular flexibility index (Phi) is 9.15. The zero-order chi connectivity index (χ0) is 17.9.